The highest BCUT2D eigenvalue weighted by molar-refractivity contribution is 6.15. The molecule has 0 aromatic heterocycles. The first-order valence-corrected chi connectivity index (χ1v) is 9.56. The van der Waals surface area contributed by atoms with Crippen LogP contribution in [0.1, 0.15) is 31.8 Å². The lowest BCUT2D eigenvalue weighted by atomic mass is 10.1. The smallest absolute Gasteiger partial charge is 0.343 e. The summed E-state index contributed by atoms with van der Waals surface area (Å²) in [7, 11) is 1.53. The number of carbonyl (C=O) groups excluding carboxylic acids is 2. The number of benzene rings is 3. The Labute approximate surface area is 182 Å². The van der Waals surface area contributed by atoms with Gasteiger partial charge in [-0.15, -0.1) is 0 Å². The van der Waals surface area contributed by atoms with Gasteiger partial charge < -0.3 is 14.2 Å². The molecule has 0 saturated carbocycles. The van der Waals surface area contributed by atoms with Crippen molar-refractivity contribution in [2.24, 2.45) is 0 Å². The summed E-state index contributed by atoms with van der Waals surface area (Å²) in [6.07, 6.45) is 1.51. The van der Waals surface area contributed by atoms with Crippen LogP contribution >= 0.6 is 0 Å². The van der Waals surface area contributed by atoms with Crippen molar-refractivity contribution < 1.29 is 28.7 Å². The number of rotatable bonds is 5. The molecule has 0 aliphatic carbocycles. The van der Waals surface area contributed by atoms with E-state index in [0.29, 0.717) is 33.8 Å². The lowest BCUT2D eigenvalue weighted by Crippen LogP contribution is -2.09. The van der Waals surface area contributed by atoms with Crippen LogP contribution in [0, 0.1) is 17.0 Å². The zero-order valence-electron chi connectivity index (χ0n) is 17.2. The molecule has 4 rings (SSSR count). The molecule has 160 valence electrons. The van der Waals surface area contributed by atoms with Crippen LogP contribution in [0.4, 0.5) is 5.69 Å². The molecule has 3 aromatic carbocycles. The molecule has 1 heterocycles. The Bertz CT molecular complexity index is 1260. The van der Waals surface area contributed by atoms with Gasteiger partial charge in [-0.2, -0.15) is 0 Å². The van der Waals surface area contributed by atoms with Crippen LogP contribution in [0.3, 0.4) is 0 Å². The van der Waals surface area contributed by atoms with E-state index in [9.17, 15) is 19.7 Å². The summed E-state index contributed by atoms with van der Waals surface area (Å²) in [5.41, 5.74) is 1.73. The first-order valence-electron chi connectivity index (χ1n) is 9.56. The van der Waals surface area contributed by atoms with Gasteiger partial charge in [0.1, 0.15) is 17.2 Å². The zero-order chi connectivity index (χ0) is 22.8. The largest absolute Gasteiger partial charge is 0.497 e. The molecule has 0 fully saturated rings. The number of nitro benzene ring substituents is 1. The molecule has 0 atom stereocenters. The van der Waals surface area contributed by atoms with Gasteiger partial charge in [0, 0.05) is 17.7 Å². The Kier molecular flexibility index (Phi) is 5.43. The van der Waals surface area contributed by atoms with Crippen LogP contribution in [0.15, 0.2) is 66.4 Å². The van der Waals surface area contributed by atoms with Crippen molar-refractivity contribution in [1.82, 2.24) is 0 Å². The number of Topliss-reactive ketones (excluding diaryl/α,β-unsaturated/α-hetero) is 1. The summed E-state index contributed by atoms with van der Waals surface area (Å²) in [5.74, 6) is 0.401. The molecule has 0 spiro atoms. The van der Waals surface area contributed by atoms with Crippen LogP contribution in [0.25, 0.3) is 6.08 Å². The molecule has 0 radical (unpaired) electrons. The Morgan fingerprint density at radius 2 is 1.72 bits per heavy atom. The third kappa shape index (κ3) is 3.93. The molecule has 3 aromatic rings. The van der Waals surface area contributed by atoms with Crippen molar-refractivity contribution in [2.45, 2.75) is 6.92 Å². The standard InChI is InChI=1S/C24H17NO7/c1-14-20(32-24(27)16-5-9-18(30-2)10-6-16)12-11-19-22(26)21(31-23(14)19)13-15-3-7-17(8-4-15)25(28)29/h3-13H,1-2H3/b21-13-. The van der Waals surface area contributed by atoms with Gasteiger partial charge in [0.2, 0.25) is 5.78 Å². The van der Waals surface area contributed by atoms with Gasteiger partial charge >= 0.3 is 5.97 Å². The van der Waals surface area contributed by atoms with E-state index in [2.05, 4.69) is 0 Å². The molecule has 1 aliphatic heterocycles. The fraction of sp³-hybridized carbons (Fsp3) is 0.0833. The molecular weight excluding hydrogens is 414 g/mol. The summed E-state index contributed by atoms with van der Waals surface area (Å²) in [6, 6.07) is 15.3. The Morgan fingerprint density at radius 3 is 2.34 bits per heavy atom. The number of carbonyl (C=O) groups is 2. The molecule has 0 N–H and O–H groups in total. The summed E-state index contributed by atoms with van der Waals surface area (Å²) < 4.78 is 16.3. The number of esters is 1. The fourth-order valence-electron chi connectivity index (χ4n) is 3.21. The molecule has 0 bridgehead atoms. The van der Waals surface area contributed by atoms with Crippen LogP contribution in [-0.2, 0) is 0 Å². The molecule has 0 saturated heterocycles. The van der Waals surface area contributed by atoms with Gasteiger partial charge in [-0.25, -0.2) is 4.79 Å². The molecule has 1 aliphatic rings. The highest BCUT2D eigenvalue weighted by Crippen LogP contribution is 2.39. The normalized spacial score (nSPS) is 13.4. The Morgan fingerprint density at radius 1 is 1.03 bits per heavy atom. The number of non-ortho nitro benzene ring substituents is 1. The lowest BCUT2D eigenvalue weighted by Gasteiger charge is -2.10. The second-order valence-electron chi connectivity index (χ2n) is 6.97. The van der Waals surface area contributed by atoms with E-state index < -0.39 is 10.9 Å². The minimum atomic E-state index is -0.554. The average Bonchev–Trinajstić information content (AvgIpc) is 3.12. The molecule has 32 heavy (non-hydrogen) atoms. The minimum absolute atomic E-state index is 0.0479. The number of nitrogens with zero attached hydrogens (tertiary/aromatic N) is 1. The number of hydrogen-bond donors (Lipinski definition) is 0. The predicted molar refractivity (Wildman–Crippen MR) is 115 cm³/mol. The lowest BCUT2D eigenvalue weighted by molar-refractivity contribution is -0.384. The van der Waals surface area contributed by atoms with Gasteiger partial charge in [0.15, 0.2) is 5.76 Å². The molecule has 8 heteroatoms. The second kappa shape index (κ2) is 8.35. The van der Waals surface area contributed by atoms with Crippen LogP contribution in [-0.4, -0.2) is 23.8 Å². The van der Waals surface area contributed by atoms with Crippen LogP contribution in [0.5, 0.6) is 17.2 Å². The third-order valence-corrected chi connectivity index (χ3v) is 4.97. The van der Waals surface area contributed by atoms with Crippen LogP contribution in [0.2, 0.25) is 0 Å². The van der Waals surface area contributed by atoms with Crippen molar-refractivity contribution in [3.05, 3.63) is 98.8 Å². The average molecular weight is 431 g/mol. The molecule has 0 unspecified atom stereocenters. The zero-order valence-corrected chi connectivity index (χ0v) is 17.2. The number of ether oxygens (including phenoxy) is 3. The fourth-order valence-corrected chi connectivity index (χ4v) is 3.21. The van der Waals surface area contributed by atoms with Gasteiger partial charge in [-0.1, -0.05) is 0 Å². The van der Waals surface area contributed by atoms with E-state index in [-0.39, 0.29) is 23.0 Å². The number of allylic oxidation sites excluding steroid dienone is 1. The maximum Gasteiger partial charge on any atom is 0.343 e. The SMILES string of the molecule is COc1ccc(C(=O)Oc2ccc3c(c2C)O/C(=C\c2ccc([N+](=O)[O-])cc2)C3=O)cc1. The highest BCUT2D eigenvalue weighted by atomic mass is 16.6. The van der Waals surface area contributed by atoms with E-state index >= 15 is 0 Å². The summed E-state index contributed by atoms with van der Waals surface area (Å²) in [5, 5.41) is 10.8. The first-order chi connectivity index (χ1) is 15.4. The first kappa shape index (κ1) is 20.8. The van der Waals surface area contributed by atoms with E-state index in [0.717, 1.165) is 0 Å². The summed E-state index contributed by atoms with van der Waals surface area (Å²) in [4.78, 5) is 35.5. The van der Waals surface area contributed by atoms with Crippen molar-refractivity contribution in [3.63, 3.8) is 0 Å². The highest BCUT2D eigenvalue weighted by Gasteiger charge is 2.30. The second-order valence-corrected chi connectivity index (χ2v) is 6.97. The molecule has 0 amide bonds. The van der Waals surface area contributed by atoms with E-state index in [4.69, 9.17) is 14.2 Å². The molecule has 8 nitrogen and oxygen atoms in total. The van der Waals surface area contributed by atoms with Crippen molar-refractivity contribution >= 4 is 23.5 Å². The maximum atomic E-state index is 12.7. The van der Waals surface area contributed by atoms with Gasteiger partial charge in [0.25, 0.3) is 5.69 Å². The predicted octanol–water partition coefficient (Wildman–Crippen LogP) is 4.75. The topological polar surface area (TPSA) is 105 Å². The van der Waals surface area contributed by atoms with E-state index in [1.54, 1.807) is 37.3 Å². The van der Waals surface area contributed by atoms with Crippen LogP contribution < -0.4 is 14.2 Å². The van der Waals surface area contributed by atoms with Crippen molar-refractivity contribution in [3.8, 4) is 17.2 Å². The Hall–Kier alpha value is -4.46. The number of hydrogen-bond acceptors (Lipinski definition) is 7. The number of ketones is 1. The van der Waals surface area contributed by atoms with Crippen molar-refractivity contribution in [2.75, 3.05) is 7.11 Å². The minimum Gasteiger partial charge on any atom is -0.497 e. The number of fused-ring (bicyclic) bond motifs is 1. The number of methoxy groups -OCH3 is 1. The van der Waals surface area contributed by atoms with Gasteiger partial charge in [-0.3, -0.25) is 14.9 Å². The summed E-state index contributed by atoms with van der Waals surface area (Å²) in [6.45, 7) is 1.69. The van der Waals surface area contributed by atoms with Gasteiger partial charge in [0.05, 0.1) is 23.2 Å². The number of nitro groups is 1. The van der Waals surface area contributed by atoms with Gasteiger partial charge in [-0.05, 0) is 67.1 Å². The maximum absolute atomic E-state index is 12.7. The monoisotopic (exact) mass is 431 g/mol. The molecular formula is C24H17NO7. The quantitative estimate of drug-likeness (QED) is 0.189. The van der Waals surface area contributed by atoms with E-state index in [1.165, 1.54) is 43.5 Å². The van der Waals surface area contributed by atoms with Crippen molar-refractivity contribution in [1.29, 1.82) is 0 Å². The summed E-state index contributed by atoms with van der Waals surface area (Å²) >= 11 is 0. The third-order valence-electron chi connectivity index (χ3n) is 4.97. The van der Waals surface area contributed by atoms with E-state index in [1.807, 2.05) is 0 Å². The Balaban J connectivity index is 1.56.